The van der Waals surface area contributed by atoms with Gasteiger partial charge in [-0.15, -0.1) is 11.3 Å². The van der Waals surface area contributed by atoms with Crippen LogP contribution in [0.2, 0.25) is 0 Å². The molecule has 0 radical (unpaired) electrons. The fourth-order valence-electron chi connectivity index (χ4n) is 1.29. The fourth-order valence-corrected chi connectivity index (χ4v) is 2.40. The molecule has 6 heteroatoms. The summed E-state index contributed by atoms with van der Waals surface area (Å²) in [4.78, 5) is 4.17. The fraction of sp³-hybridized carbons (Fsp3) is 0.100. The smallest absolute Gasteiger partial charge is 0.282 e. The van der Waals surface area contributed by atoms with Crippen molar-refractivity contribution in [2.45, 2.75) is 11.8 Å². The summed E-state index contributed by atoms with van der Waals surface area (Å²) in [5, 5.41) is 2.85. The molecular weight excluding hydrogens is 246 g/mol. The molecule has 0 aliphatic rings. The largest absolute Gasteiger partial charge is 0.294 e. The maximum atomic E-state index is 10.8. The van der Waals surface area contributed by atoms with Crippen LogP contribution in [0.3, 0.4) is 0 Å². The summed E-state index contributed by atoms with van der Waals surface area (Å²) in [6.45, 7) is 1.90. The van der Waals surface area contributed by atoms with E-state index in [0.717, 1.165) is 16.3 Å². The molecule has 4 nitrogen and oxygen atoms in total. The highest BCUT2D eigenvalue weighted by molar-refractivity contribution is 7.85. The number of aromatic nitrogens is 1. The molecule has 0 atom stereocenters. The number of thiazole rings is 1. The van der Waals surface area contributed by atoms with Gasteiger partial charge in [-0.3, -0.25) is 4.55 Å². The molecule has 1 N–H and O–H groups in total. The minimum atomic E-state index is -4.11. The third-order valence-corrected chi connectivity index (χ3v) is 3.71. The third-order valence-electron chi connectivity index (χ3n) is 2.07. The Morgan fingerprint density at radius 1 is 1.25 bits per heavy atom. The van der Waals surface area contributed by atoms with Gasteiger partial charge in [-0.2, -0.15) is 8.42 Å². The van der Waals surface area contributed by atoms with E-state index in [-0.39, 0.29) is 4.90 Å². The molecule has 0 bridgehead atoms. The van der Waals surface area contributed by atoms with Crippen LogP contribution < -0.4 is 0 Å². The van der Waals surface area contributed by atoms with E-state index in [1.54, 1.807) is 12.1 Å². The van der Waals surface area contributed by atoms with Crippen molar-refractivity contribution in [3.8, 4) is 11.3 Å². The average molecular weight is 255 g/mol. The molecule has 0 saturated carbocycles. The Labute approximate surface area is 97.3 Å². The van der Waals surface area contributed by atoms with E-state index < -0.39 is 10.1 Å². The summed E-state index contributed by atoms with van der Waals surface area (Å²) in [5.74, 6) is 0. The molecule has 16 heavy (non-hydrogen) atoms. The van der Waals surface area contributed by atoms with E-state index in [0.29, 0.717) is 0 Å². The minimum absolute atomic E-state index is 0.108. The van der Waals surface area contributed by atoms with Gasteiger partial charge in [0.1, 0.15) is 0 Å². The van der Waals surface area contributed by atoms with E-state index in [1.165, 1.54) is 23.5 Å². The highest BCUT2D eigenvalue weighted by Crippen LogP contribution is 2.22. The first-order valence-corrected chi connectivity index (χ1v) is 6.79. The number of aryl methyl sites for hydroxylation is 1. The van der Waals surface area contributed by atoms with Gasteiger partial charge in [0.15, 0.2) is 0 Å². The van der Waals surface area contributed by atoms with Crippen molar-refractivity contribution in [3.63, 3.8) is 0 Å². The Morgan fingerprint density at radius 2 is 1.88 bits per heavy atom. The zero-order chi connectivity index (χ0) is 11.8. The van der Waals surface area contributed by atoms with Crippen molar-refractivity contribution >= 4 is 21.5 Å². The molecule has 1 aromatic heterocycles. The van der Waals surface area contributed by atoms with Crippen LogP contribution in [0.15, 0.2) is 34.5 Å². The van der Waals surface area contributed by atoms with Gasteiger partial charge in [0, 0.05) is 10.9 Å². The van der Waals surface area contributed by atoms with Crippen molar-refractivity contribution in [3.05, 3.63) is 34.7 Å². The van der Waals surface area contributed by atoms with Gasteiger partial charge >= 0.3 is 0 Å². The van der Waals surface area contributed by atoms with Crippen LogP contribution in [0, 0.1) is 6.92 Å². The maximum Gasteiger partial charge on any atom is 0.294 e. The van der Waals surface area contributed by atoms with Crippen LogP contribution in [0.1, 0.15) is 5.01 Å². The number of hydrogen-bond donors (Lipinski definition) is 1. The first-order chi connectivity index (χ1) is 7.47. The van der Waals surface area contributed by atoms with Gasteiger partial charge in [0.2, 0.25) is 0 Å². The van der Waals surface area contributed by atoms with E-state index in [1.807, 2.05) is 12.3 Å². The number of hydrogen-bond acceptors (Lipinski definition) is 4. The Balaban J connectivity index is 2.40. The second-order valence-corrected chi connectivity index (χ2v) is 5.73. The van der Waals surface area contributed by atoms with Crippen LogP contribution >= 0.6 is 11.3 Å². The van der Waals surface area contributed by atoms with Crippen molar-refractivity contribution in [1.82, 2.24) is 4.98 Å². The summed E-state index contributed by atoms with van der Waals surface area (Å²) < 4.78 is 30.5. The standard InChI is InChI=1S/C10H9NO3S2/c1-7-11-10(6-15-7)8-2-4-9(5-3-8)16(12,13)14/h2-6H,1H3,(H,12,13,14). The molecule has 0 spiro atoms. The SMILES string of the molecule is Cc1nc(-c2ccc(S(=O)(=O)O)cc2)cs1. The van der Waals surface area contributed by atoms with Crippen molar-refractivity contribution in [2.24, 2.45) is 0 Å². The van der Waals surface area contributed by atoms with Gasteiger partial charge in [-0.25, -0.2) is 4.98 Å². The van der Waals surface area contributed by atoms with Crippen LogP contribution in [0.5, 0.6) is 0 Å². The first-order valence-electron chi connectivity index (χ1n) is 4.47. The monoisotopic (exact) mass is 255 g/mol. The summed E-state index contributed by atoms with van der Waals surface area (Å²) in [7, 11) is -4.11. The lowest BCUT2D eigenvalue weighted by Crippen LogP contribution is -1.97. The van der Waals surface area contributed by atoms with E-state index >= 15 is 0 Å². The summed E-state index contributed by atoms with van der Waals surface area (Å²) in [5.41, 5.74) is 1.64. The summed E-state index contributed by atoms with van der Waals surface area (Å²) in [6.07, 6.45) is 0. The topological polar surface area (TPSA) is 67.3 Å². The number of nitrogens with zero attached hydrogens (tertiary/aromatic N) is 1. The highest BCUT2D eigenvalue weighted by atomic mass is 32.2. The van der Waals surface area contributed by atoms with Crippen molar-refractivity contribution in [2.75, 3.05) is 0 Å². The lowest BCUT2D eigenvalue weighted by atomic mass is 10.2. The molecule has 1 heterocycles. The second kappa shape index (κ2) is 3.97. The molecule has 0 unspecified atom stereocenters. The number of benzene rings is 1. The van der Waals surface area contributed by atoms with E-state index in [2.05, 4.69) is 4.98 Å². The van der Waals surface area contributed by atoms with Crippen LogP contribution in [-0.2, 0) is 10.1 Å². The average Bonchev–Trinajstić information content (AvgIpc) is 2.64. The molecule has 1 aromatic carbocycles. The predicted molar refractivity (Wildman–Crippen MR) is 62.1 cm³/mol. The zero-order valence-electron chi connectivity index (χ0n) is 8.41. The molecular formula is C10H9NO3S2. The molecule has 2 rings (SSSR count). The molecule has 0 aliphatic carbocycles. The van der Waals surface area contributed by atoms with Gasteiger partial charge in [0.05, 0.1) is 15.6 Å². The Bertz CT molecular complexity index is 599. The third kappa shape index (κ3) is 2.29. The van der Waals surface area contributed by atoms with Gasteiger partial charge in [0.25, 0.3) is 10.1 Å². The van der Waals surface area contributed by atoms with E-state index in [4.69, 9.17) is 4.55 Å². The van der Waals surface area contributed by atoms with Gasteiger partial charge < -0.3 is 0 Å². The molecule has 0 saturated heterocycles. The predicted octanol–water partition coefficient (Wildman–Crippen LogP) is 2.37. The van der Waals surface area contributed by atoms with Crippen LogP contribution in [-0.4, -0.2) is 18.0 Å². The van der Waals surface area contributed by atoms with Gasteiger partial charge in [-0.1, -0.05) is 12.1 Å². The minimum Gasteiger partial charge on any atom is -0.282 e. The molecule has 2 aromatic rings. The maximum absolute atomic E-state index is 10.8. The summed E-state index contributed by atoms with van der Waals surface area (Å²) >= 11 is 1.53. The van der Waals surface area contributed by atoms with Crippen molar-refractivity contribution < 1.29 is 13.0 Å². The first kappa shape index (κ1) is 11.3. The Morgan fingerprint density at radius 3 is 2.31 bits per heavy atom. The lowest BCUT2D eigenvalue weighted by Gasteiger charge is -1.99. The van der Waals surface area contributed by atoms with Crippen molar-refractivity contribution in [1.29, 1.82) is 0 Å². The Kier molecular flexibility index (Phi) is 2.79. The Hall–Kier alpha value is -1.24. The molecule has 0 aliphatic heterocycles. The summed E-state index contributed by atoms with van der Waals surface area (Å²) in [6, 6.07) is 5.97. The molecule has 0 fully saturated rings. The second-order valence-electron chi connectivity index (χ2n) is 3.25. The zero-order valence-corrected chi connectivity index (χ0v) is 10.0. The molecule has 84 valence electrons. The van der Waals surface area contributed by atoms with E-state index in [9.17, 15) is 8.42 Å². The van der Waals surface area contributed by atoms with Gasteiger partial charge in [-0.05, 0) is 19.1 Å². The lowest BCUT2D eigenvalue weighted by molar-refractivity contribution is 0.483. The van der Waals surface area contributed by atoms with Crippen LogP contribution in [0.4, 0.5) is 0 Å². The van der Waals surface area contributed by atoms with Crippen LogP contribution in [0.25, 0.3) is 11.3 Å². The molecule has 0 amide bonds. The number of rotatable bonds is 2. The quantitative estimate of drug-likeness (QED) is 0.836. The highest BCUT2D eigenvalue weighted by Gasteiger charge is 2.09. The normalized spacial score (nSPS) is 11.6.